The van der Waals surface area contributed by atoms with Gasteiger partial charge in [-0.15, -0.1) is 0 Å². The maximum absolute atomic E-state index is 9.74. The Morgan fingerprint density at radius 1 is 1.41 bits per heavy atom. The number of hydrogen-bond acceptors (Lipinski definition) is 2. The average Bonchev–Trinajstić information content (AvgIpc) is 2.35. The maximum Gasteiger partial charge on any atom is 0.0831 e. The zero-order valence-corrected chi connectivity index (χ0v) is 10.7. The Morgan fingerprint density at radius 2 is 2.18 bits per heavy atom. The molecule has 2 nitrogen and oxygen atoms in total. The molecular formula is C15H22O2. The molecule has 3 unspecified atom stereocenters. The van der Waals surface area contributed by atoms with Gasteiger partial charge in [0.1, 0.15) is 0 Å². The molecule has 0 aromatic heterocycles. The lowest BCUT2D eigenvalue weighted by Gasteiger charge is -2.30. The molecule has 0 spiro atoms. The molecule has 1 N–H and O–H groups in total. The van der Waals surface area contributed by atoms with Crippen molar-refractivity contribution in [3.8, 4) is 0 Å². The number of benzene rings is 1. The summed E-state index contributed by atoms with van der Waals surface area (Å²) in [6.45, 7) is 4.81. The Hall–Kier alpha value is -0.860. The molecule has 1 heterocycles. The lowest BCUT2D eigenvalue weighted by Crippen LogP contribution is -2.23. The Morgan fingerprint density at radius 3 is 2.88 bits per heavy atom. The van der Waals surface area contributed by atoms with Crippen molar-refractivity contribution in [2.45, 2.75) is 45.3 Å². The van der Waals surface area contributed by atoms with Crippen LogP contribution in [-0.2, 0) is 11.2 Å². The smallest absolute Gasteiger partial charge is 0.0831 e. The minimum atomic E-state index is -0.252. The summed E-state index contributed by atoms with van der Waals surface area (Å²) < 4.78 is 5.88. The first kappa shape index (κ1) is 12.6. The molecule has 94 valence electrons. The van der Waals surface area contributed by atoms with E-state index in [0.29, 0.717) is 5.92 Å². The zero-order valence-electron chi connectivity index (χ0n) is 10.7. The highest BCUT2D eigenvalue weighted by Gasteiger charge is 2.25. The molecule has 1 aliphatic heterocycles. The van der Waals surface area contributed by atoms with Crippen molar-refractivity contribution >= 4 is 0 Å². The van der Waals surface area contributed by atoms with E-state index in [1.807, 2.05) is 6.92 Å². The normalized spacial score (nSPS) is 22.9. The van der Waals surface area contributed by atoms with Crippen LogP contribution in [0, 0.1) is 5.92 Å². The van der Waals surface area contributed by atoms with Crippen molar-refractivity contribution in [1.82, 2.24) is 0 Å². The third-order valence-corrected chi connectivity index (χ3v) is 3.82. The number of aliphatic hydroxyl groups is 1. The monoisotopic (exact) mass is 234 g/mol. The van der Waals surface area contributed by atoms with Gasteiger partial charge in [-0.25, -0.2) is 0 Å². The van der Waals surface area contributed by atoms with Crippen LogP contribution in [-0.4, -0.2) is 17.8 Å². The van der Waals surface area contributed by atoms with Crippen LogP contribution in [0.25, 0.3) is 0 Å². The molecule has 0 bridgehead atoms. The van der Waals surface area contributed by atoms with E-state index in [2.05, 4.69) is 31.2 Å². The van der Waals surface area contributed by atoms with Gasteiger partial charge in [-0.2, -0.15) is 0 Å². The Bertz CT molecular complexity index is 360. The summed E-state index contributed by atoms with van der Waals surface area (Å²) in [5, 5.41) is 9.74. The van der Waals surface area contributed by atoms with Crippen LogP contribution in [0.3, 0.4) is 0 Å². The molecule has 17 heavy (non-hydrogen) atoms. The van der Waals surface area contributed by atoms with Gasteiger partial charge in [0.15, 0.2) is 0 Å². The first-order valence-electron chi connectivity index (χ1n) is 6.59. The standard InChI is InChI=1S/C15H22O2/c1-3-12(11(2)16)10-15-14-7-5-4-6-13(14)8-9-17-15/h4-7,11-12,15-16H,3,8-10H2,1-2H3. The van der Waals surface area contributed by atoms with E-state index in [1.54, 1.807) is 0 Å². The highest BCUT2D eigenvalue weighted by molar-refractivity contribution is 5.30. The van der Waals surface area contributed by atoms with Gasteiger partial charge in [0.2, 0.25) is 0 Å². The van der Waals surface area contributed by atoms with Crippen LogP contribution in [0.1, 0.15) is 43.9 Å². The Kier molecular flexibility index (Phi) is 4.19. The van der Waals surface area contributed by atoms with Crippen LogP contribution in [0.4, 0.5) is 0 Å². The molecule has 0 saturated carbocycles. The molecule has 0 saturated heterocycles. The van der Waals surface area contributed by atoms with Crippen LogP contribution in [0.15, 0.2) is 24.3 Å². The van der Waals surface area contributed by atoms with Crippen molar-refractivity contribution in [1.29, 1.82) is 0 Å². The van der Waals surface area contributed by atoms with Crippen molar-refractivity contribution in [2.24, 2.45) is 5.92 Å². The number of rotatable bonds is 4. The molecule has 2 heteroatoms. The summed E-state index contributed by atoms with van der Waals surface area (Å²) in [5.41, 5.74) is 2.72. The van der Waals surface area contributed by atoms with Gasteiger partial charge in [0, 0.05) is 0 Å². The van der Waals surface area contributed by atoms with Gasteiger partial charge in [-0.3, -0.25) is 0 Å². The summed E-state index contributed by atoms with van der Waals surface area (Å²) in [6, 6.07) is 8.51. The molecule has 1 aliphatic rings. The fourth-order valence-electron chi connectivity index (χ4n) is 2.65. The topological polar surface area (TPSA) is 29.5 Å². The summed E-state index contributed by atoms with van der Waals surface area (Å²) in [7, 11) is 0. The Balaban J connectivity index is 2.13. The third-order valence-electron chi connectivity index (χ3n) is 3.82. The fourth-order valence-corrected chi connectivity index (χ4v) is 2.65. The van der Waals surface area contributed by atoms with Gasteiger partial charge in [-0.1, -0.05) is 37.6 Å². The molecule has 1 aromatic carbocycles. The first-order valence-corrected chi connectivity index (χ1v) is 6.59. The van der Waals surface area contributed by atoms with E-state index >= 15 is 0 Å². The summed E-state index contributed by atoms with van der Waals surface area (Å²) in [5.74, 6) is 0.325. The maximum atomic E-state index is 9.74. The van der Waals surface area contributed by atoms with Gasteiger partial charge in [0.25, 0.3) is 0 Å². The third kappa shape index (κ3) is 2.88. The van der Waals surface area contributed by atoms with Gasteiger partial charge in [0.05, 0.1) is 18.8 Å². The molecule has 0 aliphatic carbocycles. The number of fused-ring (bicyclic) bond motifs is 1. The van der Waals surface area contributed by atoms with E-state index in [-0.39, 0.29) is 12.2 Å². The fraction of sp³-hybridized carbons (Fsp3) is 0.600. The van der Waals surface area contributed by atoms with E-state index in [0.717, 1.165) is 25.9 Å². The van der Waals surface area contributed by atoms with Gasteiger partial charge < -0.3 is 9.84 Å². The lowest BCUT2D eigenvalue weighted by atomic mass is 9.87. The second-order valence-electron chi connectivity index (χ2n) is 4.95. The molecule has 0 fully saturated rings. The van der Waals surface area contributed by atoms with Crippen LogP contribution >= 0.6 is 0 Å². The van der Waals surface area contributed by atoms with Gasteiger partial charge >= 0.3 is 0 Å². The number of ether oxygens (including phenoxy) is 1. The lowest BCUT2D eigenvalue weighted by molar-refractivity contribution is 0.00465. The van der Waals surface area contributed by atoms with E-state index in [1.165, 1.54) is 11.1 Å². The largest absolute Gasteiger partial charge is 0.393 e. The second kappa shape index (κ2) is 5.65. The van der Waals surface area contributed by atoms with Crippen LogP contribution < -0.4 is 0 Å². The highest BCUT2D eigenvalue weighted by atomic mass is 16.5. The molecule has 0 amide bonds. The predicted octanol–water partition coefficient (Wildman–Crippen LogP) is 3.10. The summed E-state index contributed by atoms with van der Waals surface area (Å²) in [4.78, 5) is 0. The van der Waals surface area contributed by atoms with Gasteiger partial charge in [-0.05, 0) is 36.8 Å². The van der Waals surface area contributed by atoms with Crippen molar-refractivity contribution in [2.75, 3.05) is 6.61 Å². The SMILES string of the molecule is CCC(CC1OCCc2ccccc21)C(C)O. The quantitative estimate of drug-likeness (QED) is 0.867. The van der Waals surface area contributed by atoms with Crippen molar-refractivity contribution in [3.05, 3.63) is 35.4 Å². The van der Waals surface area contributed by atoms with E-state index in [4.69, 9.17) is 4.74 Å². The highest BCUT2D eigenvalue weighted by Crippen LogP contribution is 2.33. The summed E-state index contributed by atoms with van der Waals surface area (Å²) >= 11 is 0. The number of aliphatic hydroxyl groups excluding tert-OH is 1. The Labute approximate surface area is 104 Å². The van der Waals surface area contributed by atoms with Crippen LogP contribution in [0.2, 0.25) is 0 Å². The first-order chi connectivity index (χ1) is 8.22. The number of hydrogen-bond donors (Lipinski definition) is 1. The molecule has 0 radical (unpaired) electrons. The minimum Gasteiger partial charge on any atom is -0.393 e. The minimum absolute atomic E-state index is 0.166. The predicted molar refractivity (Wildman–Crippen MR) is 68.9 cm³/mol. The molecule has 1 aromatic rings. The molecule has 2 rings (SSSR count). The summed E-state index contributed by atoms with van der Waals surface area (Å²) in [6.07, 6.45) is 2.85. The van der Waals surface area contributed by atoms with Crippen molar-refractivity contribution < 1.29 is 9.84 Å². The zero-order chi connectivity index (χ0) is 12.3. The van der Waals surface area contributed by atoms with E-state index in [9.17, 15) is 5.11 Å². The second-order valence-corrected chi connectivity index (χ2v) is 4.95. The average molecular weight is 234 g/mol. The van der Waals surface area contributed by atoms with Crippen LogP contribution in [0.5, 0.6) is 0 Å². The van der Waals surface area contributed by atoms with E-state index < -0.39 is 0 Å². The molecule has 3 atom stereocenters. The molecular weight excluding hydrogens is 212 g/mol. The van der Waals surface area contributed by atoms with Crippen molar-refractivity contribution in [3.63, 3.8) is 0 Å².